The lowest BCUT2D eigenvalue weighted by Crippen LogP contribution is -2.11. The number of carbonyl (C=O) groups is 2. The molecular weight excluding hydrogens is 340 g/mol. The van der Waals surface area contributed by atoms with Gasteiger partial charge in [-0.1, -0.05) is 49.7 Å². The average Bonchev–Trinajstić information content (AvgIpc) is 3.03. The molecule has 0 saturated heterocycles. The van der Waals surface area contributed by atoms with Crippen LogP contribution >= 0.6 is 0 Å². The van der Waals surface area contributed by atoms with E-state index in [2.05, 4.69) is 0 Å². The van der Waals surface area contributed by atoms with Crippen molar-refractivity contribution < 1.29 is 14.3 Å². The predicted molar refractivity (Wildman–Crippen MR) is 102 cm³/mol. The number of hydrogen-bond donors (Lipinski definition) is 1. The Labute approximate surface area is 157 Å². The number of Topliss-reactive ketones (excluding diaryl/α,β-unsaturated/α-hetero) is 1. The van der Waals surface area contributed by atoms with Crippen LogP contribution in [0.3, 0.4) is 0 Å². The van der Waals surface area contributed by atoms with E-state index in [9.17, 15) is 14.9 Å². The van der Waals surface area contributed by atoms with Crippen molar-refractivity contribution in [3.05, 3.63) is 64.7 Å². The molecule has 0 bridgehead atoms. The second-order valence-corrected chi connectivity index (χ2v) is 6.13. The Morgan fingerprint density at radius 1 is 1.11 bits per heavy atom. The predicted octanol–water partition coefficient (Wildman–Crippen LogP) is 4.17. The first kappa shape index (κ1) is 18.3. The highest BCUT2D eigenvalue weighted by Crippen LogP contribution is 2.47. The number of esters is 1. The second kappa shape index (κ2) is 7.79. The zero-order valence-electron chi connectivity index (χ0n) is 14.9. The Hall–Kier alpha value is -3.52. The minimum atomic E-state index is -0.690. The van der Waals surface area contributed by atoms with E-state index in [1.165, 1.54) is 0 Å². The average molecular weight is 358 g/mol. The van der Waals surface area contributed by atoms with Crippen LogP contribution in [-0.4, -0.2) is 24.6 Å². The summed E-state index contributed by atoms with van der Waals surface area (Å²) in [4.78, 5) is 24.9. The molecule has 3 rings (SSSR count). The van der Waals surface area contributed by atoms with E-state index in [-0.39, 0.29) is 5.57 Å². The van der Waals surface area contributed by atoms with E-state index >= 15 is 0 Å². The molecule has 0 atom stereocenters. The standard InChI is InChI=1S/C22H18N2O3/c1-2-3-11-27-22(26)17-10-6-9-16-14-7-4-5-8-15(14)21(20(16)17)18(12-23)19(25)13-24/h4-10,13,24H,2-3,11H2,1H3. The summed E-state index contributed by atoms with van der Waals surface area (Å²) in [5.41, 5.74) is 3.40. The van der Waals surface area contributed by atoms with Crippen molar-refractivity contribution in [2.24, 2.45) is 0 Å². The topological polar surface area (TPSA) is 91.0 Å². The summed E-state index contributed by atoms with van der Waals surface area (Å²) in [6.07, 6.45) is 2.29. The number of allylic oxidation sites excluding steroid dienone is 1. The van der Waals surface area contributed by atoms with Crippen LogP contribution in [0.25, 0.3) is 16.7 Å². The molecule has 0 heterocycles. The fourth-order valence-corrected chi connectivity index (χ4v) is 3.24. The molecule has 0 amide bonds. The van der Waals surface area contributed by atoms with E-state index in [0.29, 0.717) is 35.1 Å². The number of benzene rings is 2. The van der Waals surface area contributed by atoms with Crippen LogP contribution < -0.4 is 0 Å². The third-order valence-electron chi connectivity index (χ3n) is 4.49. The van der Waals surface area contributed by atoms with Gasteiger partial charge in [0.1, 0.15) is 11.6 Å². The molecule has 2 aromatic rings. The molecule has 0 aliphatic heterocycles. The minimum absolute atomic E-state index is 0.148. The van der Waals surface area contributed by atoms with E-state index in [1.54, 1.807) is 12.1 Å². The van der Waals surface area contributed by atoms with E-state index in [1.807, 2.05) is 43.3 Å². The summed E-state index contributed by atoms with van der Waals surface area (Å²) in [7, 11) is 0. The van der Waals surface area contributed by atoms with Gasteiger partial charge < -0.3 is 10.1 Å². The van der Waals surface area contributed by atoms with Crippen LogP contribution in [0.5, 0.6) is 0 Å². The van der Waals surface area contributed by atoms with E-state index in [0.717, 1.165) is 24.0 Å². The van der Waals surface area contributed by atoms with Crippen LogP contribution in [0.15, 0.2) is 48.0 Å². The second-order valence-electron chi connectivity index (χ2n) is 6.13. The van der Waals surface area contributed by atoms with Gasteiger partial charge in [0.2, 0.25) is 5.78 Å². The fourth-order valence-electron chi connectivity index (χ4n) is 3.24. The van der Waals surface area contributed by atoms with Gasteiger partial charge in [0.05, 0.1) is 18.4 Å². The molecule has 0 saturated carbocycles. The lowest BCUT2D eigenvalue weighted by atomic mass is 9.93. The Morgan fingerprint density at radius 3 is 2.48 bits per heavy atom. The number of fused-ring (bicyclic) bond motifs is 3. The number of rotatable bonds is 6. The van der Waals surface area contributed by atoms with Crippen molar-refractivity contribution in [3.8, 4) is 17.2 Å². The summed E-state index contributed by atoms with van der Waals surface area (Å²) in [5, 5.41) is 16.9. The van der Waals surface area contributed by atoms with Gasteiger partial charge in [-0.3, -0.25) is 4.79 Å². The molecule has 134 valence electrons. The van der Waals surface area contributed by atoms with Crippen LogP contribution in [0.2, 0.25) is 0 Å². The largest absolute Gasteiger partial charge is 0.462 e. The van der Waals surface area contributed by atoms with Gasteiger partial charge in [-0.15, -0.1) is 0 Å². The number of nitriles is 1. The van der Waals surface area contributed by atoms with Crippen LogP contribution in [0.4, 0.5) is 0 Å². The first-order valence-electron chi connectivity index (χ1n) is 8.73. The van der Waals surface area contributed by atoms with Gasteiger partial charge in [0.25, 0.3) is 0 Å². The monoisotopic (exact) mass is 358 g/mol. The van der Waals surface area contributed by atoms with Gasteiger partial charge in [-0.05, 0) is 29.2 Å². The smallest absolute Gasteiger partial charge is 0.338 e. The summed E-state index contributed by atoms with van der Waals surface area (Å²) in [6, 6.07) is 14.6. The Morgan fingerprint density at radius 2 is 1.81 bits per heavy atom. The normalized spacial score (nSPS) is 13.2. The lowest BCUT2D eigenvalue weighted by Gasteiger charge is -2.11. The Balaban J connectivity index is 2.26. The molecule has 5 heteroatoms. The molecule has 5 nitrogen and oxygen atoms in total. The number of nitrogens with zero attached hydrogens (tertiary/aromatic N) is 1. The molecule has 1 aliphatic carbocycles. The fraction of sp³-hybridized carbons (Fsp3) is 0.182. The minimum Gasteiger partial charge on any atom is -0.462 e. The van der Waals surface area contributed by atoms with Crippen LogP contribution in [-0.2, 0) is 9.53 Å². The third-order valence-corrected chi connectivity index (χ3v) is 4.49. The van der Waals surface area contributed by atoms with Gasteiger partial charge in [0, 0.05) is 11.1 Å². The van der Waals surface area contributed by atoms with Gasteiger partial charge >= 0.3 is 5.97 Å². The van der Waals surface area contributed by atoms with Gasteiger partial charge in [-0.2, -0.15) is 5.26 Å². The Kier molecular flexibility index (Phi) is 5.28. The highest BCUT2D eigenvalue weighted by atomic mass is 16.5. The van der Waals surface area contributed by atoms with Crippen molar-refractivity contribution in [3.63, 3.8) is 0 Å². The molecule has 1 N–H and O–H groups in total. The molecule has 1 aliphatic rings. The molecule has 2 aromatic carbocycles. The lowest BCUT2D eigenvalue weighted by molar-refractivity contribution is -0.109. The molecule has 0 aromatic heterocycles. The SMILES string of the molecule is CCCCOC(=O)c1cccc2c1C(=C(C#N)C(=O)C=N)c1ccccc1-2. The molecule has 0 unspecified atom stereocenters. The highest BCUT2D eigenvalue weighted by molar-refractivity contribution is 6.38. The van der Waals surface area contributed by atoms with Crippen molar-refractivity contribution in [2.75, 3.05) is 6.61 Å². The zero-order valence-corrected chi connectivity index (χ0v) is 14.9. The summed E-state index contributed by atoms with van der Waals surface area (Å²) in [5.74, 6) is -1.17. The number of hydrogen-bond acceptors (Lipinski definition) is 5. The van der Waals surface area contributed by atoms with Gasteiger partial charge in [-0.25, -0.2) is 4.79 Å². The molecule has 27 heavy (non-hydrogen) atoms. The number of ketones is 1. The maximum absolute atomic E-state index is 12.7. The summed E-state index contributed by atoms with van der Waals surface area (Å²) >= 11 is 0. The van der Waals surface area contributed by atoms with Crippen molar-refractivity contribution >= 4 is 23.5 Å². The maximum Gasteiger partial charge on any atom is 0.338 e. The molecule has 0 radical (unpaired) electrons. The first-order valence-corrected chi connectivity index (χ1v) is 8.73. The number of unbranched alkanes of at least 4 members (excludes halogenated alkanes) is 1. The molecule has 0 fully saturated rings. The summed E-state index contributed by atoms with van der Waals surface area (Å²) in [6.45, 7) is 2.32. The van der Waals surface area contributed by atoms with Crippen LogP contribution in [0, 0.1) is 16.7 Å². The van der Waals surface area contributed by atoms with Crippen LogP contribution in [0.1, 0.15) is 41.3 Å². The quantitative estimate of drug-likeness (QED) is 0.235. The third kappa shape index (κ3) is 3.18. The van der Waals surface area contributed by atoms with Crippen molar-refractivity contribution in [1.82, 2.24) is 0 Å². The number of ether oxygens (including phenoxy) is 1. The highest BCUT2D eigenvalue weighted by Gasteiger charge is 2.32. The van der Waals surface area contributed by atoms with Gasteiger partial charge in [0.15, 0.2) is 0 Å². The molecular formula is C22H18N2O3. The Bertz CT molecular complexity index is 1010. The van der Waals surface area contributed by atoms with E-state index in [4.69, 9.17) is 10.1 Å². The number of carbonyl (C=O) groups excluding carboxylic acids is 2. The summed E-state index contributed by atoms with van der Waals surface area (Å²) < 4.78 is 5.37. The number of nitrogens with one attached hydrogen (secondary N) is 1. The van der Waals surface area contributed by atoms with Crippen molar-refractivity contribution in [2.45, 2.75) is 19.8 Å². The van der Waals surface area contributed by atoms with Crippen molar-refractivity contribution in [1.29, 1.82) is 10.7 Å². The van der Waals surface area contributed by atoms with E-state index < -0.39 is 11.8 Å². The first-order chi connectivity index (χ1) is 13.1. The zero-order chi connectivity index (χ0) is 19.4. The molecule has 0 spiro atoms. The maximum atomic E-state index is 12.7.